The molecular weight excluding hydrogens is 203 g/mol. The molecule has 0 amide bonds. The number of nitrogens with zero attached hydrogens (tertiary/aromatic N) is 1. The molecule has 1 fully saturated rings. The van der Waals surface area contributed by atoms with Gasteiger partial charge in [-0.2, -0.15) is 0 Å². The van der Waals surface area contributed by atoms with Crippen LogP contribution >= 0.6 is 0 Å². The van der Waals surface area contributed by atoms with E-state index in [4.69, 9.17) is 0 Å². The quantitative estimate of drug-likeness (QED) is 0.840. The van der Waals surface area contributed by atoms with Gasteiger partial charge >= 0.3 is 0 Å². The van der Waals surface area contributed by atoms with Crippen LogP contribution in [0.15, 0.2) is 18.2 Å². The van der Waals surface area contributed by atoms with Crippen molar-refractivity contribution in [3.8, 4) is 0 Å². The van der Waals surface area contributed by atoms with E-state index in [1.165, 1.54) is 18.4 Å². The van der Waals surface area contributed by atoms with Crippen molar-refractivity contribution in [2.45, 2.75) is 19.3 Å². The van der Waals surface area contributed by atoms with Crippen LogP contribution in [0.5, 0.6) is 0 Å². The van der Waals surface area contributed by atoms with Crippen LogP contribution in [0.4, 0.5) is 10.1 Å². The zero-order valence-corrected chi connectivity index (χ0v) is 9.80. The number of benzene rings is 1. The number of hydrogen-bond acceptors (Lipinski definition) is 2. The fourth-order valence-electron chi connectivity index (χ4n) is 2.26. The summed E-state index contributed by atoms with van der Waals surface area (Å²) in [6.07, 6.45) is 3.41. The van der Waals surface area contributed by atoms with Crippen molar-refractivity contribution in [1.29, 1.82) is 0 Å². The third-order valence-electron chi connectivity index (χ3n) is 3.14. The van der Waals surface area contributed by atoms with Gasteiger partial charge in [-0.25, -0.2) is 4.39 Å². The van der Waals surface area contributed by atoms with Crippen molar-refractivity contribution in [3.63, 3.8) is 0 Å². The Hall–Kier alpha value is -1.09. The maximum atomic E-state index is 13.3. The molecule has 2 rings (SSSR count). The van der Waals surface area contributed by atoms with E-state index in [0.29, 0.717) is 0 Å². The van der Waals surface area contributed by atoms with Crippen LogP contribution in [-0.2, 0) is 6.42 Å². The first-order valence-corrected chi connectivity index (χ1v) is 5.99. The Kier molecular flexibility index (Phi) is 3.78. The van der Waals surface area contributed by atoms with E-state index in [-0.39, 0.29) is 5.82 Å². The van der Waals surface area contributed by atoms with Crippen molar-refractivity contribution in [1.82, 2.24) is 5.32 Å². The topological polar surface area (TPSA) is 15.3 Å². The summed E-state index contributed by atoms with van der Waals surface area (Å²) in [5.74, 6) is -0.130. The number of anilines is 1. The predicted octanol–water partition coefficient (Wildman–Crippen LogP) is 2.19. The highest BCUT2D eigenvalue weighted by atomic mass is 19.1. The lowest BCUT2D eigenvalue weighted by molar-refractivity contribution is 0.626. The Morgan fingerprint density at radius 2 is 2.06 bits per heavy atom. The van der Waals surface area contributed by atoms with E-state index in [1.54, 1.807) is 12.1 Å². The highest BCUT2D eigenvalue weighted by Crippen LogP contribution is 2.25. The summed E-state index contributed by atoms with van der Waals surface area (Å²) < 4.78 is 13.3. The van der Waals surface area contributed by atoms with Crippen LogP contribution in [0.25, 0.3) is 0 Å². The summed E-state index contributed by atoms with van der Waals surface area (Å²) >= 11 is 0. The molecule has 0 aliphatic carbocycles. The van der Waals surface area contributed by atoms with Crippen LogP contribution in [0.1, 0.15) is 18.4 Å². The molecule has 3 heteroatoms. The first kappa shape index (κ1) is 11.4. The highest BCUT2D eigenvalue weighted by molar-refractivity contribution is 5.54. The molecule has 0 saturated carbocycles. The molecule has 16 heavy (non-hydrogen) atoms. The molecule has 0 aromatic heterocycles. The number of nitrogens with one attached hydrogen (secondary N) is 1. The molecule has 88 valence electrons. The normalized spacial score (nSPS) is 15.8. The molecule has 2 nitrogen and oxygen atoms in total. The van der Waals surface area contributed by atoms with Gasteiger partial charge in [0.1, 0.15) is 5.82 Å². The molecule has 1 aromatic carbocycles. The van der Waals surface area contributed by atoms with Crippen LogP contribution in [-0.4, -0.2) is 26.7 Å². The predicted molar refractivity (Wildman–Crippen MR) is 65.5 cm³/mol. The Morgan fingerprint density at radius 1 is 1.31 bits per heavy atom. The first-order valence-electron chi connectivity index (χ1n) is 5.99. The van der Waals surface area contributed by atoms with Crippen molar-refractivity contribution in [3.05, 3.63) is 29.6 Å². The molecule has 0 atom stereocenters. The number of rotatable bonds is 4. The molecular formula is C13H19FN2. The minimum atomic E-state index is -0.130. The Morgan fingerprint density at radius 3 is 2.75 bits per heavy atom. The SMILES string of the molecule is CNCCc1ccc(F)cc1N1CCCC1. The summed E-state index contributed by atoms with van der Waals surface area (Å²) in [6, 6.07) is 5.15. The van der Waals surface area contributed by atoms with Crippen LogP contribution < -0.4 is 10.2 Å². The van der Waals surface area contributed by atoms with Crippen molar-refractivity contribution in [2.24, 2.45) is 0 Å². The van der Waals surface area contributed by atoms with Crippen LogP contribution in [0.3, 0.4) is 0 Å². The van der Waals surface area contributed by atoms with Gasteiger partial charge in [-0.1, -0.05) is 6.07 Å². The van der Waals surface area contributed by atoms with Crippen molar-refractivity contribution < 1.29 is 4.39 Å². The third-order valence-corrected chi connectivity index (χ3v) is 3.14. The lowest BCUT2D eigenvalue weighted by Crippen LogP contribution is -2.21. The van der Waals surface area contributed by atoms with Gasteiger partial charge in [0.25, 0.3) is 0 Å². The van der Waals surface area contributed by atoms with Crippen LogP contribution in [0, 0.1) is 5.82 Å². The van der Waals surface area contributed by atoms with Gasteiger partial charge in [-0.05, 0) is 50.6 Å². The van der Waals surface area contributed by atoms with Gasteiger partial charge in [0.05, 0.1) is 0 Å². The lowest BCUT2D eigenvalue weighted by atomic mass is 10.1. The Bertz CT molecular complexity index is 346. The summed E-state index contributed by atoms with van der Waals surface area (Å²) in [7, 11) is 1.94. The van der Waals surface area contributed by atoms with Gasteiger partial charge in [-0.3, -0.25) is 0 Å². The second-order valence-electron chi connectivity index (χ2n) is 4.32. The second-order valence-corrected chi connectivity index (χ2v) is 4.32. The second kappa shape index (κ2) is 5.30. The van der Waals surface area contributed by atoms with E-state index in [2.05, 4.69) is 10.2 Å². The zero-order chi connectivity index (χ0) is 11.4. The van der Waals surface area contributed by atoms with Gasteiger partial charge in [0, 0.05) is 18.8 Å². The molecule has 0 unspecified atom stereocenters. The molecule has 1 heterocycles. The first-order chi connectivity index (χ1) is 7.81. The fraction of sp³-hybridized carbons (Fsp3) is 0.538. The summed E-state index contributed by atoms with van der Waals surface area (Å²) in [5.41, 5.74) is 2.34. The summed E-state index contributed by atoms with van der Waals surface area (Å²) in [5, 5.41) is 3.14. The van der Waals surface area contributed by atoms with E-state index in [1.807, 2.05) is 13.1 Å². The van der Waals surface area contributed by atoms with Gasteiger partial charge in [-0.15, -0.1) is 0 Å². The number of halogens is 1. The maximum Gasteiger partial charge on any atom is 0.125 e. The highest BCUT2D eigenvalue weighted by Gasteiger charge is 2.16. The minimum Gasteiger partial charge on any atom is -0.371 e. The van der Waals surface area contributed by atoms with E-state index in [0.717, 1.165) is 31.7 Å². The number of likely N-dealkylation sites (N-methyl/N-ethyl adjacent to an activating group) is 1. The van der Waals surface area contributed by atoms with Crippen molar-refractivity contribution >= 4 is 5.69 Å². The van der Waals surface area contributed by atoms with E-state index >= 15 is 0 Å². The molecule has 0 bridgehead atoms. The molecule has 0 spiro atoms. The lowest BCUT2D eigenvalue weighted by Gasteiger charge is -2.21. The Labute approximate surface area is 96.5 Å². The molecule has 0 radical (unpaired) electrons. The molecule has 1 aliphatic heterocycles. The smallest absolute Gasteiger partial charge is 0.125 e. The van der Waals surface area contributed by atoms with E-state index in [9.17, 15) is 4.39 Å². The van der Waals surface area contributed by atoms with Crippen molar-refractivity contribution in [2.75, 3.05) is 31.6 Å². The van der Waals surface area contributed by atoms with Gasteiger partial charge < -0.3 is 10.2 Å². The monoisotopic (exact) mass is 222 g/mol. The van der Waals surface area contributed by atoms with Crippen LogP contribution in [0.2, 0.25) is 0 Å². The summed E-state index contributed by atoms with van der Waals surface area (Å²) in [4.78, 5) is 2.30. The standard InChI is InChI=1S/C13H19FN2/c1-15-7-6-11-4-5-12(14)10-13(11)16-8-2-3-9-16/h4-5,10,15H,2-3,6-9H2,1H3. The molecule has 1 N–H and O–H groups in total. The average molecular weight is 222 g/mol. The average Bonchev–Trinajstić information content (AvgIpc) is 2.80. The molecule has 1 aliphatic rings. The van der Waals surface area contributed by atoms with Gasteiger partial charge in [0.15, 0.2) is 0 Å². The maximum absolute atomic E-state index is 13.3. The number of hydrogen-bond donors (Lipinski definition) is 1. The van der Waals surface area contributed by atoms with E-state index < -0.39 is 0 Å². The van der Waals surface area contributed by atoms with Gasteiger partial charge in [0.2, 0.25) is 0 Å². The summed E-state index contributed by atoms with van der Waals surface area (Å²) in [6.45, 7) is 3.07. The Balaban J connectivity index is 2.21. The third kappa shape index (κ3) is 2.53. The molecule has 1 aromatic rings. The fourth-order valence-corrected chi connectivity index (χ4v) is 2.26. The minimum absolute atomic E-state index is 0.130. The largest absolute Gasteiger partial charge is 0.371 e. The zero-order valence-electron chi connectivity index (χ0n) is 9.80. The molecule has 1 saturated heterocycles.